The van der Waals surface area contributed by atoms with Crippen LogP contribution in [0.2, 0.25) is 0 Å². The lowest BCUT2D eigenvalue weighted by Crippen LogP contribution is -2.52. The van der Waals surface area contributed by atoms with Crippen molar-refractivity contribution < 1.29 is 4.74 Å². The molecule has 2 nitrogen and oxygen atoms in total. The van der Waals surface area contributed by atoms with Gasteiger partial charge in [0, 0.05) is 11.5 Å². The number of ether oxygens (including phenoxy) is 1. The molecule has 1 saturated heterocycles. The van der Waals surface area contributed by atoms with Gasteiger partial charge in [-0.05, 0) is 101 Å². The number of nitrogens with zero attached hydrogens (tertiary/aromatic N) is 1. The Morgan fingerprint density at radius 2 is 1.84 bits per heavy atom. The molecule has 1 spiro atoms. The van der Waals surface area contributed by atoms with E-state index in [0.717, 1.165) is 36.3 Å². The number of hydrogen-bond acceptors (Lipinski definition) is 2. The summed E-state index contributed by atoms with van der Waals surface area (Å²) in [6.07, 6.45) is 14.6. The summed E-state index contributed by atoms with van der Waals surface area (Å²) in [6, 6.07) is 0.769. The second-order valence-electron chi connectivity index (χ2n) is 10.6. The largest absolute Gasteiger partial charge is 0.378 e. The first-order valence-electron chi connectivity index (χ1n) is 10.9. The molecule has 4 aliphatic carbocycles. The minimum absolute atomic E-state index is 0.500. The summed E-state index contributed by atoms with van der Waals surface area (Å²) in [5.74, 6) is 3.70. The Morgan fingerprint density at radius 3 is 2.64 bits per heavy atom. The zero-order valence-corrected chi connectivity index (χ0v) is 16.8. The summed E-state index contributed by atoms with van der Waals surface area (Å²) in [5.41, 5.74) is 2.88. The molecule has 5 rings (SSSR count). The van der Waals surface area contributed by atoms with E-state index >= 15 is 0 Å². The fourth-order valence-corrected chi connectivity index (χ4v) is 8.32. The van der Waals surface area contributed by atoms with E-state index in [1.165, 1.54) is 51.4 Å². The zero-order chi connectivity index (χ0) is 17.4. The maximum absolute atomic E-state index is 6.21. The standard InChI is InChI=1S/C23H37NO/c1-15-19-7-8-21-18-6-5-16-13-17(24(3)4)9-11-22(16,2)20(18)10-12-23(19,21)14-25-15/h5,15,17-21H,6-14H2,1-4H3/t15-,17+,18-,19-,20+,21+,22+,23+/m1/s1. The Bertz CT molecular complexity index is 583. The molecule has 140 valence electrons. The van der Waals surface area contributed by atoms with E-state index in [1.807, 2.05) is 5.57 Å². The van der Waals surface area contributed by atoms with E-state index in [9.17, 15) is 0 Å². The highest BCUT2D eigenvalue weighted by molar-refractivity contribution is 5.26. The van der Waals surface area contributed by atoms with Crippen molar-refractivity contribution in [3.63, 3.8) is 0 Å². The SMILES string of the molecule is C[C@H]1OC[C@]23CC[C@H]4[C@@H](CC=C5C[C@@H](N(C)C)CC[C@@]54C)[C@@H]2CC[C@H]13. The minimum Gasteiger partial charge on any atom is -0.378 e. The summed E-state index contributed by atoms with van der Waals surface area (Å²) in [4.78, 5) is 2.46. The highest BCUT2D eigenvalue weighted by Crippen LogP contribution is 2.68. The van der Waals surface area contributed by atoms with Crippen LogP contribution in [0.3, 0.4) is 0 Å². The molecule has 0 radical (unpaired) electrons. The van der Waals surface area contributed by atoms with Gasteiger partial charge in [-0.2, -0.15) is 0 Å². The van der Waals surface area contributed by atoms with Crippen LogP contribution in [0.15, 0.2) is 11.6 Å². The molecule has 0 N–H and O–H groups in total. The molecule has 1 heterocycles. The highest BCUT2D eigenvalue weighted by Gasteiger charge is 2.63. The maximum atomic E-state index is 6.21. The number of fused-ring (bicyclic) bond motifs is 4. The second kappa shape index (κ2) is 5.58. The Labute approximate surface area is 154 Å². The number of allylic oxidation sites excluding steroid dienone is 1. The lowest BCUT2D eigenvalue weighted by atomic mass is 9.47. The van der Waals surface area contributed by atoms with Crippen molar-refractivity contribution in [2.24, 2.45) is 34.5 Å². The van der Waals surface area contributed by atoms with Gasteiger partial charge in [0.05, 0.1) is 12.7 Å². The van der Waals surface area contributed by atoms with E-state index in [-0.39, 0.29) is 0 Å². The normalized spacial score (nSPS) is 54.5. The Kier molecular flexibility index (Phi) is 3.75. The lowest BCUT2D eigenvalue weighted by Gasteiger charge is -2.58. The topological polar surface area (TPSA) is 12.5 Å². The van der Waals surface area contributed by atoms with E-state index in [1.54, 1.807) is 0 Å². The van der Waals surface area contributed by atoms with Gasteiger partial charge >= 0.3 is 0 Å². The molecule has 0 unspecified atom stereocenters. The van der Waals surface area contributed by atoms with Gasteiger partial charge in [0.15, 0.2) is 0 Å². The van der Waals surface area contributed by atoms with Gasteiger partial charge in [0.1, 0.15) is 0 Å². The molecule has 1 aliphatic heterocycles. The van der Waals surface area contributed by atoms with Crippen molar-refractivity contribution >= 4 is 0 Å². The van der Waals surface area contributed by atoms with Crippen LogP contribution in [0.25, 0.3) is 0 Å². The number of rotatable bonds is 1. The summed E-state index contributed by atoms with van der Waals surface area (Å²) in [7, 11) is 4.54. The molecular formula is C23H37NO. The van der Waals surface area contributed by atoms with Crippen LogP contribution in [-0.4, -0.2) is 37.7 Å². The van der Waals surface area contributed by atoms with Gasteiger partial charge in [-0.3, -0.25) is 0 Å². The van der Waals surface area contributed by atoms with Gasteiger partial charge in [0.2, 0.25) is 0 Å². The van der Waals surface area contributed by atoms with Crippen LogP contribution >= 0.6 is 0 Å². The number of hydrogen-bond donors (Lipinski definition) is 0. The minimum atomic E-state index is 0.500. The summed E-state index contributed by atoms with van der Waals surface area (Å²) < 4.78 is 6.21. The first-order valence-corrected chi connectivity index (χ1v) is 10.9. The van der Waals surface area contributed by atoms with Gasteiger partial charge in [-0.15, -0.1) is 0 Å². The van der Waals surface area contributed by atoms with Crippen molar-refractivity contribution in [2.75, 3.05) is 20.7 Å². The summed E-state index contributed by atoms with van der Waals surface area (Å²) >= 11 is 0. The molecule has 8 atom stereocenters. The summed E-state index contributed by atoms with van der Waals surface area (Å²) in [5, 5.41) is 0. The predicted octanol–water partition coefficient (Wildman–Crippen LogP) is 4.89. The fraction of sp³-hybridized carbons (Fsp3) is 0.913. The highest BCUT2D eigenvalue weighted by atomic mass is 16.5. The average molecular weight is 344 g/mol. The van der Waals surface area contributed by atoms with Crippen molar-refractivity contribution in [1.82, 2.24) is 4.90 Å². The average Bonchev–Trinajstić information content (AvgIpc) is 3.11. The molecule has 4 fully saturated rings. The molecule has 0 bridgehead atoms. The molecule has 25 heavy (non-hydrogen) atoms. The zero-order valence-electron chi connectivity index (χ0n) is 16.8. The summed E-state index contributed by atoms with van der Waals surface area (Å²) in [6.45, 7) is 6.05. The van der Waals surface area contributed by atoms with E-state index < -0.39 is 0 Å². The lowest BCUT2D eigenvalue weighted by molar-refractivity contribution is -0.0501. The van der Waals surface area contributed by atoms with Crippen LogP contribution < -0.4 is 0 Å². The van der Waals surface area contributed by atoms with Gasteiger partial charge in [-0.25, -0.2) is 0 Å². The fourth-order valence-electron chi connectivity index (χ4n) is 8.32. The molecule has 0 amide bonds. The van der Waals surface area contributed by atoms with Crippen LogP contribution in [-0.2, 0) is 4.74 Å². The maximum Gasteiger partial charge on any atom is 0.0581 e. The molecule has 0 aromatic carbocycles. The molecular weight excluding hydrogens is 306 g/mol. The molecule has 5 aliphatic rings. The van der Waals surface area contributed by atoms with Gasteiger partial charge in [-0.1, -0.05) is 18.6 Å². The third-order valence-corrected chi connectivity index (χ3v) is 9.77. The Morgan fingerprint density at radius 1 is 1.04 bits per heavy atom. The van der Waals surface area contributed by atoms with E-state index in [4.69, 9.17) is 4.74 Å². The van der Waals surface area contributed by atoms with Crippen molar-refractivity contribution in [3.05, 3.63) is 11.6 Å². The third-order valence-electron chi connectivity index (χ3n) is 9.77. The molecule has 0 aromatic rings. The molecule has 0 aromatic heterocycles. The van der Waals surface area contributed by atoms with Crippen molar-refractivity contribution in [2.45, 2.75) is 77.4 Å². The van der Waals surface area contributed by atoms with Crippen molar-refractivity contribution in [3.8, 4) is 0 Å². The van der Waals surface area contributed by atoms with Crippen LogP contribution in [0, 0.1) is 34.5 Å². The Balaban J connectivity index is 1.45. The smallest absolute Gasteiger partial charge is 0.0581 e. The van der Waals surface area contributed by atoms with Crippen molar-refractivity contribution in [1.29, 1.82) is 0 Å². The predicted molar refractivity (Wildman–Crippen MR) is 102 cm³/mol. The molecule has 2 heteroatoms. The quantitative estimate of drug-likeness (QED) is 0.628. The van der Waals surface area contributed by atoms with Gasteiger partial charge < -0.3 is 9.64 Å². The first-order chi connectivity index (χ1) is 12.0. The van der Waals surface area contributed by atoms with Crippen LogP contribution in [0.1, 0.15) is 65.2 Å². The third kappa shape index (κ3) is 2.16. The Hall–Kier alpha value is -0.340. The monoisotopic (exact) mass is 343 g/mol. The van der Waals surface area contributed by atoms with Crippen LogP contribution in [0.4, 0.5) is 0 Å². The van der Waals surface area contributed by atoms with Crippen LogP contribution in [0.5, 0.6) is 0 Å². The molecule has 3 saturated carbocycles. The first kappa shape index (κ1) is 16.8. The van der Waals surface area contributed by atoms with Gasteiger partial charge in [0.25, 0.3) is 0 Å². The van der Waals surface area contributed by atoms with E-state index in [2.05, 4.69) is 38.9 Å². The second-order valence-corrected chi connectivity index (χ2v) is 10.6. The van der Waals surface area contributed by atoms with E-state index in [0.29, 0.717) is 16.9 Å².